The molecule has 1 aromatic rings. The van der Waals surface area contributed by atoms with E-state index in [4.69, 9.17) is 4.74 Å². The van der Waals surface area contributed by atoms with Gasteiger partial charge >= 0.3 is 0 Å². The number of benzene rings is 1. The predicted octanol–water partition coefficient (Wildman–Crippen LogP) is 2.04. The quantitative estimate of drug-likeness (QED) is 0.827. The van der Waals surface area contributed by atoms with Crippen molar-refractivity contribution in [2.24, 2.45) is 0 Å². The fourth-order valence-electron chi connectivity index (χ4n) is 1.59. The minimum absolute atomic E-state index is 0.0909. The first kappa shape index (κ1) is 15.5. The molecule has 0 aliphatic rings. The molecule has 2 atom stereocenters. The fourth-order valence-corrected chi connectivity index (χ4v) is 1.59. The molecule has 1 rings (SSSR count). The van der Waals surface area contributed by atoms with E-state index in [2.05, 4.69) is 5.32 Å². The number of rotatable bonds is 6. The molecule has 0 heterocycles. The van der Waals surface area contributed by atoms with Gasteiger partial charge in [-0.05, 0) is 44.9 Å². The van der Waals surface area contributed by atoms with Crippen LogP contribution in [0.2, 0.25) is 0 Å². The molecule has 2 N–H and O–H groups in total. The van der Waals surface area contributed by atoms with Crippen LogP contribution in [0.5, 0.6) is 5.75 Å². The van der Waals surface area contributed by atoms with Gasteiger partial charge in [-0.2, -0.15) is 0 Å². The fraction of sp³-hybridized carbons (Fsp3) is 0.533. The lowest BCUT2D eigenvalue weighted by Crippen LogP contribution is -2.52. The van der Waals surface area contributed by atoms with Crippen LogP contribution in [0, 0.1) is 6.92 Å². The van der Waals surface area contributed by atoms with E-state index in [1.807, 2.05) is 45.0 Å². The molecule has 0 saturated heterocycles. The second-order valence-corrected chi connectivity index (χ2v) is 5.14. The van der Waals surface area contributed by atoms with Crippen molar-refractivity contribution < 1.29 is 14.6 Å². The number of nitrogens with one attached hydrogen (secondary N) is 1. The highest BCUT2D eigenvalue weighted by Gasteiger charge is 2.26. The summed E-state index contributed by atoms with van der Waals surface area (Å²) >= 11 is 0. The zero-order valence-electron chi connectivity index (χ0n) is 12.1. The first-order valence-electron chi connectivity index (χ1n) is 6.56. The Morgan fingerprint density at radius 1 is 1.53 bits per heavy atom. The molecule has 4 nitrogen and oxygen atoms in total. The lowest BCUT2D eigenvalue weighted by molar-refractivity contribution is -0.129. The van der Waals surface area contributed by atoms with Gasteiger partial charge < -0.3 is 15.2 Å². The third-order valence-electron chi connectivity index (χ3n) is 3.23. The zero-order valence-corrected chi connectivity index (χ0v) is 12.1. The Kier molecular flexibility index (Phi) is 5.36. The molecule has 2 unspecified atom stereocenters. The topological polar surface area (TPSA) is 58.6 Å². The van der Waals surface area contributed by atoms with Crippen molar-refractivity contribution in [1.82, 2.24) is 5.32 Å². The highest BCUT2D eigenvalue weighted by atomic mass is 16.5. The third-order valence-corrected chi connectivity index (χ3v) is 3.23. The van der Waals surface area contributed by atoms with E-state index < -0.39 is 11.6 Å². The standard InChI is InChI=1S/C15H23NO3/c1-5-15(4,10-17)16-14(18)12(3)19-13-8-6-7-11(2)9-13/h6-9,12,17H,5,10H2,1-4H3,(H,16,18). The molecule has 4 heteroatoms. The van der Waals surface area contributed by atoms with Gasteiger partial charge in [-0.15, -0.1) is 0 Å². The summed E-state index contributed by atoms with van der Waals surface area (Å²) < 4.78 is 5.60. The number of carbonyl (C=O) groups is 1. The lowest BCUT2D eigenvalue weighted by atomic mass is 10.00. The van der Waals surface area contributed by atoms with Gasteiger partial charge in [-0.3, -0.25) is 4.79 Å². The lowest BCUT2D eigenvalue weighted by Gasteiger charge is -2.28. The van der Waals surface area contributed by atoms with E-state index in [9.17, 15) is 9.90 Å². The molecule has 0 aliphatic heterocycles. The highest BCUT2D eigenvalue weighted by Crippen LogP contribution is 2.15. The van der Waals surface area contributed by atoms with E-state index >= 15 is 0 Å². The number of aryl methyl sites for hydroxylation is 1. The molecule has 0 aromatic heterocycles. The van der Waals surface area contributed by atoms with Crippen molar-refractivity contribution in [2.45, 2.75) is 45.8 Å². The Hall–Kier alpha value is -1.55. The van der Waals surface area contributed by atoms with Crippen LogP contribution in [0.3, 0.4) is 0 Å². The molecule has 106 valence electrons. The van der Waals surface area contributed by atoms with Gasteiger partial charge in [0.25, 0.3) is 5.91 Å². The van der Waals surface area contributed by atoms with Gasteiger partial charge in [0.05, 0.1) is 12.1 Å². The Labute approximate surface area is 114 Å². The van der Waals surface area contributed by atoms with Crippen molar-refractivity contribution in [1.29, 1.82) is 0 Å². The first-order valence-corrected chi connectivity index (χ1v) is 6.56. The number of amides is 1. The average Bonchev–Trinajstić information content (AvgIpc) is 2.38. The van der Waals surface area contributed by atoms with E-state index in [0.29, 0.717) is 12.2 Å². The van der Waals surface area contributed by atoms with E-state index in [0.717, 1.165) is 5.56 Å². The molecule has 0 fully saturated rings. The minimum Gasteiger partial charge on any atom is -0.481 e. The molecule has 0 bridgehead atoms. The van der Waals surface area contributed by atoms with Gasteiger partial charge in [-0.25, -0.2) is 0 Å². The summed E-state index contributed by atoms with van der Waals surface area (Å²) in [6.45, 7) is 7.31. The van der Waals surface area contributed by atoms with E-state index in [-0.39, 0.29) is 12.5 Å². The number of aliphatic hydroxyl groups is 1. The molecule has 0 saturated carbocycles. The van der Waals surface area contributed by atoms with Gasteiger partial charge in [0.2, 0.25) is 0 Å². The molecule has 0 radical (unpaired) electrons. The van der Waals surface area contributed by atoms with Crippen LogP contribution in [0.15, 0.2) is 24.3 Å². The number of ether oxygens (including phenoxy) is 1. The molecule has 1 amide bonds. The first-order chi connectivity index (χ1) is 8.90. The van der Waals surface area contributed by atoms with Crippen molar-refractivity contribution in [3.8, 4) is 5.75 Å². The largest absolute Gasteiger partial charge is 0.481 e. The smallest absolute Gasteiger partial charge is 0.261 e. The second kappa shape index (κ2) is 6.57. The van der Waals surface area contributed by atoms with E-state index in [1.165, 1.54) is 0 Å². The Balaban J connectivity index is 2.63. The highest BCUT2D eigenvalue weighted by molar-refractivity contribution is 5.81. The predicted molar refractivity (Wildman–Crippen MR) is 75.2 cm³/mol. The third kappa shape index (κ3) is 4.56. The van der Waals surface area contributed by atoms with Crippen molar-refractivity contribution in [2.75, 3.05) is 6.61 Å². The van der Waals surface area contributed by atoms with Crippen LogP contribution in [-0.4, -0.2) is 29.3 Å². The Morgan fingerprint density at radius 3 is 2.74 bits per heavy atom. The maximum absolute atomic E-state index is 12.0. The SMILES string of the molecule is CCC(C)(CO)NC(=O)C(C)Oc1cccc(C)c1. The van der Waals surface area contributed by atoms with Crippen molar-refractivity contribution >= 4 is 5.91 Å². The van der Waals surface area contributed by atoms with Crippen LogP contribution < -0.4 is 10.1 Å². The number of hydrogen-bond acceptors (Lipinski definition) is 3. The maximum Gasteiger partial charge on any atom is 0.261 e. The minimum atomic E-state index is -0.598. The number of aliphatic hydroxyl groups excluding tert-OH is 1. The monoisotopic (exact) mass is 265 g/mol. The Morgan fingerprint density at radius 2 is 2.21 bits per heavy atom. The van der Waals surface area contributed by atoms with Gasteiger partial charge in [0.15, 0.2) is 6.10 Å². The normalized spacial score (nSPS) is 15.4. The number of hydrogen-bond donors (Lipinski definition) is 2. The van der Waals surface area contributed by atoms with Gasteiger partial charge in [0.1, 0.15) is 5.75 Å². The van der Waals surface area contributed by atoms with Crippen molar-refractivity contribution in [3.05, 3.63) is 29.8 Å². The summed E-state index contributed by atoms with van der Waals surface area (Å²) in [7, 11) is 0. The summed E-state index contributed by atoms with van der Waals surface area (Å²) in [6.07, 6.45) is 0.0612. The molecular weight excluding hydrogens is 242 g/mol. The number of carbonyl (C=O) groups excluding carboxylic acids is 1. The van der Waals surface area contributed by atoms with Gasteiger partial charge in [0, 0.05) is 0 Å². The van der Waals surface area contributed by atoms with Crippen molar-refractivity contribution in [3.63, 3.8) is 0 Å². The summed E-state index contributed by atoms with van der Waals surface area (Å²) in [6, 6.07) is 7.56. The molecule has 19 heavy (non-hydrogen) atoms. The summed E-state index contributed by atoms with van der Waals surface area (Å²) in [5.41, 5.74) is 0.486. The van der Waals surface area contributed by atoms with E-state index in [1.54, 1.807) is 6.92 Å². The van der Waals surface area contributed by atoms with Crippen LogP contribution in [-0.2, 0) is 4.79 Å². The molecular formula is C15H23NO3. The van der Waals surface area contributed by atoms with Gasteiger partial charge in [-0.1, -0.05) is 19.1 Å². The van der Waals surface area contributed by atoms with Crippen LogP contribution >= 0.6 is 0 Å². The summed E-state index contributed by atoms with van der Waals surface area (Å²) in [5, 5.41) is 12.1. The molecule has 0 aliphatic carbocycles. The second-order valence-electron chi connectivity index (χ2n) is 5.14. The zero-order chi connectivity index (χ0) is 14.5. The van der Waals surface area contributed by atoms with Crippen LogP contribution in [0.25, 0.3) is 0 Å². The molecule has 0 spiro atoms. The summed E-state index contributed by atoms with van der Waals surface area (Å²) in [5.74, 6) is 0.449. The van der Waals surface area contributed by atoms with Crippen LogP contribution in [0.1, 0.15) is 32.8 Å². The maximum atomic E-state index is 12.0. The Bertz CT molecular complexity index is 427. The molecule has 1 aromatic carbocycles. The average molecular weight is 265 g/mol. The van der Waals surface area contributed by atoms with Crippen LogP contribution in [0.4, 0.5) is 0 Å². The summed E-state index contributed by atoms with van der Waals surface area (Å²) in [4.78, 5) is 12.0.